The highest BCUT2D eigenvalue weighted by Gasteiger charge is 2.67. The molecule has 1 heterocycles. The van der Waals surface area contributed by atoms with Crippen LogP contribution in [0.25, 0.3) is 0 Å². The third-order valence-electron chi connectivity index (χ3n) is 3.66. The molecule has 6 heteroatoms. The number of primary amides is 1. The molecule has 2 N–H and O–H groups in total. The molecule has 1 aromatic rings. The van der Waals surface area contributed by atoms with Crippen LogP contribution >= 0.6 is 0 Å². The van der Waals surface area contributed by atoms with Gasteiger partial charge in [0.1, 0.15) is 0 Å². The van der Waals surface area contributed by atoms with Crippen molar-refractivity contribution in [1.82, 2.24) is 0 Å². The predicted molar refractivity (Wildman–Crippen MR) is 67.3 cm³/mol. The molecule has 1 amide bonds. The van der Waals surface area contributed by atoms with E-state index < -0.39 is 23.1 Å². The molecule has 0 aliphatic carbocycles. The summed E-state index contributed by atoms with van der Waals surface area (Å²) in [4.78, 5) is 11.4. The maximum absolute atomic E-state index is 13.0. The van der Waals surface area contributed by atoms with Gasteiger partial charge < -0.3 is 10.5 Å². The number of carbonyl (C=O) groups is 1. The zero-order chi connectivity index (χ0) is 15.2. The maximum Gasteiger partial charge on any atom is 0.419 e. The van der Waals surface area contributed by atoms with Crippen LogP contribution in [-0.4, -0.2) is 24.3 Å². The van der Waals surface area contributed by atoms with E-state index in [1.54, 1.807) is 32.0 Å². The first-order valence-electron chi connectivity index (χ1n) is 6.19. The highest BCUT2D eigenvalue weighted by atomic mass is 19.4. The number of amides is 1. The first-order valence-corrected chi connectivity index (χ1v) is 6.19. The number of nitrogens with two attached hydrogens (primary N) is 1. The van der Waals surface area contributed by atoms with E-state index in [4.69, 9.17) is 5.73 Å². The molecule has 1 atom stereocenters. The molecule has 1 aliphatic heterocycles. The number of ether oxygens (including phenoxy) is 1. The Morgan fingerprint density at radius 3 is 2.35 bits per heavy atom. The van der Waals surface area contributed by atoms with Gasteiger partial charge in [0.15, 0.2) is 5.60 Å². The van der Waals surface area contributed by atoms with Crippen LogP contribution in [-0.2, 0) is 10.2 Å². The van der Waals surface area contributed by atoms with E-state index in [2.05, 4.69) is 4.74 Å². The number of rotatable bonds is 4. The summed E-state index contributed by atoms with van der Waals surface area (Å²) in [5.74, 6) is -0.647. The molecule has 3 nitrogen and oxygen atoms in total. The van der Waals surface area contributed by atoms with Crippen LogP contribution in [0.4, 0.5) is 13.2 Å². The molecular formula is C14H16F3NO2. The average molecular weight is 287 g/mol. The van der Waals surface area contributed by atoms with Gasteiger partial charge >= 0.3 is 6.18 Å². The Hall–Kier alpha value is -1.56. The van der Waals surface area contributed by atoms with Crippen LogP contribution in [0.3, 0.4) is 0 Å². The van der Waals surface area contributed by atoms with Crippen LogP contribution in [0.2, 0.25) is 0 Å². The number of halogens is 3. The standard InChI is InChI=1S/C14H16F3NO2/c1-12(2,7-13(8-20-13)14(15,16)17)10-6-4-3-5-9(10)11(18)19/h3-6H,7-8H2,1-2H3,(H2,18,19)/t13-/m1/s1. The number of epoxide rings is 1. The normalized spacial score (nSPS) is 22.6. The molecule has 0 radical (unpaired) electrons. The van der Waals surface area contributed by atoms with Crippen LogP contribution < -0.4 is 5.73 Å². The Labute approximate surface area is 114 Å². The Morgan fingerprint density at radius 1 is 1.35 bits per heavy atom. The van der Waals surface area contributed by atoms with Gasteiger partial charge in [-0.15, -0.1) is 0 Å². The fourth-order valence-corrected chi connectivity index (χ4v) is 2.55. The van der Waals surface area contributed by atoms with Crippen molar-refractivity contribution in [1.29, 1.82) is 0 Å². The Morgan fingerprint density at radius 2 is 1.90 bits per heavy atom. The monoisotopic (exact) mass is 287 g/mol. The topological polar surface area (TPSA) is 55.6 Å². The van der Waals surface area contributed by atoms with Crippen LogP contribution in [0.15, 0.2) is 24.3 Å². The van der Waals surface area contributed by atoms with Crippen LogP contribution in [0.1, 0.15) is 36.2 Å². The van der Waals surface area contributed by atoms with Crippen molar-refractivity contribution >= 4 is 5.91 Å². The lowest BCUT2D eigenvalue weighted by Gasteiger charge is -2.31. The minimum absolute atomic E-state index is 0.242. The fraction of sp³-hybridized carbons (Fsp3) is 0.500. The highest BCUT2D eigenvalue weighted by Crippen LogP contribution is 2.51. The van der Waals surface area contributed by atoms with Gasteiger partial charge in [-0.1, -0.05) is 32.0 Å². The average Bonchev–Trinajstić information content (AvgIpc) is 3.08. The van der Waals surface area contributed by atoms with E-state index in [1.165, 1.54) is 6.07 Å². The quantitative estimate of drug-likeness (QED) is 0.866. The first kappa shape index (κ1) is 14.8. The second-order valence-electron chi connectivity index (χ2n) is 5.75. The number of hydrogen-bond acceptors (Lipinski definition) is 2. The fourth-order valence-electron chi connectivity index (χ4n) is 2.55. The number of hydrogen-bond donors (Lipinski definition) is 1. The molecule has 0 aromatic heterocycles. The molecule has 1 aliphatic rings. The van der Waals surface area contributed by atoms with E-state index in [9.17, 15) is 18.0 Å². The number of alkyl halides is 3. The Kier molecular flexibility index (Phi) is 3.32. The minimum Gasteiger partial charge on any atom is -0.366 e. The molecule has 1 fully saturated rings. The summed E-state index contributed by atoms with van der Waals surface area (Å²) in [7, 11) is 0. The van der Waals surface area contributed by atoms with Gasteiger partial charge in [-0.05, 0) is 23.5 Å². The lowest BCUT2D eigenvalue weighted by Crippen LogP contribution is -2.39. The predicted octanol–water partition coefficient (Wildman–Crippen LogP) is 2.78. The lowest BCUT2D eigenvalue weighted by molar-refractivity contribution is -0.188. The molecule has 20 heavy (non-hydrogen) atoms. The van der Waals surface area contributed by atoms with Crippen LogP contribution in [0, 0.1) is 0 Å². The van der Waals surface area contributed by atoms with Gasteiger partial charge in [0.2, 0.25) is 5.91 Å². The molecule has 2 rings (SSSR count). The third kappa shape index (κ3) is 2.52. The summed E-state index contributed by atoms with van der Waals surface area (Å²) in [5.41, 5.74) is 3.06. The second kappa shape index (κ2) is 4.48. The number of benzene rings is 1. The highest BCUT2D eigenvalue weighted by molar-refractivity contribution is 5.94. The van der Waals surface area contributed by atoms with E-state index in [0.717, 1.165) is 0 Å². The van der Waals surface area contributed by atoms with Crippen LogP contribution in [0.5, 0.6) is 0 Å². The second-order valence-corrected chi connectivity index (χ2v) is 5.75. The summed E-state index contributed by atoms with van der Waals surface area (Å²) in [5, 5.41) is 0. The lowest BCUT2D eigenvalue weighted by atomic mass is 9.75. The van der Waals surface area contributed by atoms with Gasteiger partial charge in [0.25, 0.3) is 0 Å². The zero-order valence-electron chi connectivity index (χ0n) is 11.3. The molecule has 0 bridgehead atoms. The summed E-state index contributed by atoms with van der Waals surface area (Å²) in [6, 6.07) is 6.46. The van der Waals surface area contributed by atoms with Gasteiger partial charge in [0, 0.05) is 5.56 Å². The van der Waals surface area contributed by atoms with E-state index in [0.29, 0.717) is 5.56 Å². The summed E-state index contributed by atoms with van der Waals surface area (Å²) in [6.45, 7) is 2.98. The minimum atomic E-state index is -4.41. The van der Waals surface area contributed by atoms with Gasteiger partial charge in [0.05, 0.1) is 6.61 Å². The molecule has 1 aromatic carbocycles. The van der Waals surface area contributed by atoms with Crippen molar-refractivity contribution in [3.05, 3.63) is 35.4 Å². The van der Waals surface area contributed by atoms with Crippen molar-refractivity contribution in [3.63, 3.8) is 0 Å². The first-order chi connectivity index (χ1) is 9.09. The van der Waals surface area contributed by atoms with Crippen molar-refractivity contribution in [3.8, 4) is 0 Å². The summed E-state index contributed by atoms with van der Waals surface area (Å²) < 4.78 is 43.6. The third-order valence-corrected chi connectivity index (χ3v) is 3.66. The van der Waals surface area contributed by atoms with Crippen molar-refractivity contribution in [2.75, 3.05) is 6.61 Å². The summed E-state index contributed by atoms with van der Waals surface area (Å²) >= 11 is 0. The molecule has 110 valence electrons. The SMILES string of the molecule is CC(C)(C[C@]1(C(F)(F)F)CO1)c1ccccc1C(N)=O. The largest absolute Gasteiger partial charge is 0.419 e. The summed E-state index contributed by atoms with van der Waals surface area (Å²) in [6.07, 6.45) is -4.65. The molecule has 0 spiro atoms. The smallest absolute Gasteiger partial charge is 0.366 e. The maximum atomic E-state index is 13.0. The van der Waals surface area contributed by atoms with Crippen molar-refractivity contribution in [2.45, 2.75) is 37.5 Å². The Balaban J connectivity index is 2.35. The molecule has 0 unspecified atom stereocenters. The van der Waals surface area contributed by atoms with Crippen molar-refractivity contribution in [2.24, 2.45) is 5.73 Å². The number of carbonyl (C=O) groups excluding carboxylic acids is 1. The van der Waals surface area contributed by atoms with Gasteiger partial charge in [-0.3, -0.25) is 4.79 Å². The zero-order valence-corrected chi connectivity index (χ0v) is 11.3. The van der Waals surface area contributed by atoms with Gasteiger partial charge in [-0.2, -0.15) is 13.2 Å². The van der Waals surface area contributed by atoms with Gasteiger partial charge in [-0.25, -0.2) is 0 Å². The van der Waals surface area contributed by atoms with E-state index in [1.807, 2.05) is 0 Å². The van der Waals surface area contributed by atoms with E-state index in [-0.39, 0.29) is 18.6 Å². The molecular weight excluding hydrogens is 271 g/mol. The van der Waals surface area contributed by atoms with Crippen molar-refractivity contribution < 1.29 is 22.7 Å². The van der Waals surface area contributed by atoms with E-state index >= 15 is 0 Å². The molecule has 0 saturated carbocycles. The Bertz CT molecular complexity index is 533. The molecule has 1 saturated heterocycles.